The van der Waals surface area contributed by atoms with Crippen LogP contribution < -0.4 is 5.73 Å². The zero-order valence-corrected chi connectivity index (χ0v) is 15.2. The fourth-order valence-corrected chi connectivity index (χ4v) is 5.65. The van der Waals surface area contributed by atoms with Crippen LogP contribution in [-0.2, 0) is 10.0 Å². The summed E-state index contributed by atoms with van der Waals surface area (Å²) in [5.41, 5.74) is 6.53. The van der Waals surface area contributed by atoms with Gasteiger partial charge in [0.2, 0.25) is 10.0 Å². The van der Waals surface area contributed by atoms with Crippen LogP contribution in [0, 0.1) is 6.92 Å². The molecule has 0 aromatic heterocycles. The molecule has 6 nitrogen and oxygen atoms in total. The summed E-state index contributed by atoms with van der Waals surface area (Å²) >= 11 is 6.65. The van der Waals surface area contributed by atoms with Crippen LogP contribution >= 0.6 is 31.9 Å². The van der Waals surface area contributed by atoms with Crippen molar-refractivity contribution in [1.29, 1.82) is 0 Å². The van der Waals surface area contributed by atoms with Gasteiger partial charge in [0.25, 0.3) is 0 Å². The van der Waals surface area contributed by atoms with Gasteiger partial charge in [-0.25, -0.2) is 8.42 Å². The third kappa shape index (κ3) is 3.10. The summed E-state index contributed by atoms with van der Waals surface area (Å²) in [5.74, 6) is -0.0848. The van der Waals surface area contributed by atoms with Crippen LogP contribution in [0.1, 0.15) is 18.4 Å². The van der Waals surface area contributed by atoms with Crippen molar-refractivity contribution in [1.82, 2.24) is 4.31 Å². The third-order valence-corrected chi connectivity index (χ3v) is 7.18. The van der Waals surface area contributed by atoms with Crippen molar-refractivity contribution in [2.45, 2.75) is 30.7 Å². The number of nitrogens with two attached hydrogens (primary N) is 1. The van der Waals surface area contributed by atoms with Gasteiger partial charge < -0.3 is 10.9 Å². The number of halogens is 2. The lowest BCUT2D eigenvalue weighted by atomic mass is 10.2. The number of sulfonamides is 1. The summed E-state index contributed by atoms with van der Waals surface area (Å²) in [4.78, 5) is 0.164. The normalized spacial score (nSPS) is 20.9. The van der Waals surface area contributed by atoms with Gasteiger partial charge in [0.15, 0.2) is 5.84 Å². The van der Waals surface area contributed by atoms with Gasteiger partial charge in [-0.2, -0.15) is 4.31 Å². The molecule has 1 saturated heterocycles. The summed E-state index contributed by atoms with van der Waals surface area (Å²) in [6, 6.07) is 2.70. The predicted octanol–water partition coefficient (Wildman–Crippen LogP) is 2.42. The number of oxime groups is 1. The molecule has 9 heteroatoms. The Balaban J connectivity index is 2.50. The van der Waals surface area contributed by atoms with Gasteiger partial charge in [-0.15, -0.1) is 0 Å². The molecule has 3 N–H and O–H groups in total. The first-order valence-corrected chi connectivity index (χ1v) is 9.26. The minimum atomic E-state index is -3.73. The van der Waals surface area contributed by atoms with E-state index in [4.69, 9.17) is 10.9 Å². The summed E-state index contributed by atoms with van der Waals surface area (Å²) < 4.78 is 28.2. The van der Waals surface area contributed by atoms with E-state index in [2.05, 4.69) is 37.0 Å². The van der Waals surface area contributed by atoms with Gasteiger partial charge >= 0.3 is 0 Å². The molecular formula is C12H15Br2N3O3S. The van der Waals surface area contributed by atoms with E-state index in [1.807, 2.05) is 6.92 Å². The van der Waals surface area contributed by atoms with E-state index in [1.54, 1.807) is 12.1 Å². The average molecular weight is 441 g/mol. The molecule has 0 amide bonds. The number of rotatable bonds is 3. The van der Waals surface area contributed by atoms with E-state index in [9.17, 15) is 8.42 Å². The summed E-state index contributed by atoms with van der Waals surface area (Å²) in [6.45, 7) is 2.22. The predicted molar refractivity (Wildman–Crippen MR) is 86.9 cm³/mol. The van der Waals surface area contributed by atoms with Crippen molar-refractivity contribution in [2.75, 3.05) is 6.54 Å². The first kappa shape index (κ1) is 16.7. The van der Waals surface area contributed by atoms with E-state index < -0.39 is 16.1 Å². The van der Waals surface area contributed by atoms with Crippen LogP contribution in [0.2, 0.25) is 0 Å². The SMILES string of the molecule is Cc1cc(Br)c(S(=O)(=O)N2CCCC2/C(N)=N/O)cc1Br. The number of aryl methyl sites for hydroxylation is 1. The molecule has 0 spiro atoms. The van der Waals surface area contributed by atoms with Crippen molar-refractivity contribution in [3.8, 4) is 0 Å². The second-order valence-electron chi connectivity index (χ2n) is 4.83. The second kappa shape index (κ2) is 6.23. The molecule has 2 rings (SSSR count). The van der Waals surface area contributed by atoms with Gasteiger partial charge in [0.1, 0.15) is 0 Å². The largest absolute Gasteiger partial charge is 0.409 e. The lowest BCUT2D eigenvalue weighted by Gasteiger charge is -2.23. The quantitative estimate of drug-likeness (QED) is 0.326. The van der Waals surface area contributed by atoms with Gasteiger partial charge in [0, 0.05) is 15.5 Å². The fourth-order valence-electron chi connectivity index (χ4n) is 2.34. The molecule has 1 aliphatic heterocycles. The van der Waals surface area contributed by atoms with Crippen molar-refractivity contribution in [2.24, 2.45) is 10.9 Å². The van der Waals surface area contributed by atoms with Crippen LogP contribution in [0.15, 0.2) is 31.1 Å². The van der Waals surface area contributed by atoms with Crippen LogP contribution in [0.25, 0.3) is 0 Å². The maximum absolute atomic E-state index is 12.8. The zero-order valence-electron chi connectivity index (χ0n) is 11.3. The van der Waals surface area contributed by atoms with Gasteiger partial charge in [0.05, 0.1) is 10.9 Å². The Morgan fingerprint density at radius 3 is 2.71 bits per heavy atom. The van der Waals surface area contributed by atoms with Crippen LogP contribution in [-0.4, -0.2) is 36.4 Å². The van der Waals surface area contributed by atoms with E-state index in [1.165, 1.54) is 4.31 Å². The second-order valence-corrected chi connectivity index (χ2v) is 8.40. The minimum absolute atomic E-state index is 0.0848. The molecule has 0 bridgehead atoms. The van der Waals surface area contributed by atoms with E-state index >= 15 is 0 Å². The number of hydrogen-bond acceptors (Lipinski definition) is 4. The molecule has 116 valence electrons. The summed E-state index contributed by atoms with van der Waals surface area (Å²) in [6.07, 6.45) is 1.21. The molecule has 1 aliphatic rings. The molecule has 1 fully saturated rings. The van der Waals surface area contributed by atoms with Crippen LogP contribution in [0.4, 0.5) is 0 Å². The summed E-state index contributed by atoms with van der Waals surface area (Å²) in [5, 5.41) is 11.8. The van der Waals surface area contributed by atoms with Crippen LogP contribution in [0.3, 0.4) is 0 Å². The first-order valence-electron chi connectivity index (χ1n) is 6.24. The lowest BCUT2D eigenvalue weighted by molar-refractivity contribution is 0.311. The number of hydrogen-bond donors (Lipinski definition) is 2. The monoisotopic (exact) mass is 439 g/mol. The molecule has 1 unspecified atom stereocenters. The minimum Gasteiger partial charge on any atom is -0.409 e. The average Bonchev–Trinajstić information content (AvgIpc) is 2.91. The highest BCUT2D eigenvalue weighted by Crippen LogP contribution is 2.33. The van der Waals surface area contributed by atoms with Gasteiger partial charge in [-0.1, -0.05) is 21.1 Å². The Morgan fingerprint density at radius 2 is 2.10 bits per heavy atom. The fraction of sp³-hybridized carbons (Fsp3) is 0.417. The Hall–Kier alpha value is -0.640. The molecular weight excluding hydrogens is 426 g/mol. The van der Waals surface area contributed by atoms with E-state index in [-0.39, 0.29) is 10.7 Å². The van der Waals surface area contributed by atoms with Crippen LogP contribution in [0.5, 0.6) is 0 Å². The smallest absolute Gasteiger partial charge is 0.244 e. The first-order chi connectivity index (χ1) is 9.78. The molecule has 1 aromatic rings. The highest BCUT2D eigenvalue weighted by molar-refractivity contribution is 9.11. The molecule has 0 radical (unpaired) electrons. The van der Waals surface area contributed by atoms with E-state index in [0.717, 1.165) is 5.56 Å². The topological polar surface area (TPSA) is 96.0 Å². The molecule has 1 heterocycles. The molecule has 0 saturated carbocycles. The Bertz CT molecular complexity index is 691. The Labute approximate surface area is 140 Å². The van der Waals surface area contributed by atoms with Crippen molar-refractivity contribution < 1.29 is 13.6 Å². The zero-order chi connectivity index (χ0) is 15.8. The van der Waals surface area contributed by atoms with Crippen molar-refractivity contribution in [3.63, 3.8) is 0 Å². The highest BCUT2D eigenvalue weighted by Gasteiger charge is 2.38. The number of nitrogens with zero attached hydrogens (tertiary/aromatic N) is 2. The van der Waals surface area contributed by atoms with Crippen molar-refractivity contribution >= 4 is 47.7 Å². The van der Waals surface area contributed by atoms with E-state index in [0.29, 0.717) is 28.3 Å². The maximum atomic E-state index is 12.8. The van der Waals surface area contributed by atoms with Crippen molar-refractivity contribution in [3.05, 3.63) is 26.6 Å². The molecule has 1 aromatic carbocycles. The Morgan fingerprint density at radius 1 is 1.43 bits per heavy atom. The summed E-state index contributed by atoms with van der Waals surface area (Å²) in [7, 11) is -3.73. The van der Waals surface area contributed by atoms with Gasteiger partial charge in [-0.3, -0.25) is 0 Å². The highest BCUT2D eigenvalue weighted by atomic mass is 79.9. The molecule has 21 heavy (non-hydrogen) atoms. The molecule has 1 atom stereocenters. The number of amidine groups is 1. The lowest BCUT2D eigenvalue weighted by Crippen LogP contribution is -2.43. The standard InChI is InChI=1S/C12H15Br2N3O3S/c1-7-5-9(14)11(6-8(7)13)21(19,20)17-4-2-3-10(17)12(15)16-18/h5-6,10,18H,2-4H2,1H3,(H2,15,16). The third-order valence-electron chi connectivity index (χ3n) is 3.46. The Kier molecular flexibility index (Phi) is 4.96. The van der Waals surface area contributed by atoms with Gasteiger partial charge in [-0.05, 0) is 53.4 Å². The maximum Gasteiger partial charge on any atom is 0.244 e. The molecule has 0 aliphatic carbocycles. The number of benzene rings is 1.